The summed E-state index contributed by atoms with van der Waals surface area (Å²) in [6.45, 7) is 2.52. The van der Waals surface area contributed by atoms with Crippen LogP contribution in [0.1, 0.15) is 50.7 Å². The van der Waals surface area contributed by atoms with E-state index in [-0.39, 0.29) is 12.0 Å². The number of aliphatic hydroxyl groups excluding tert-OH is 2. The van der Waals surface area contributed by atoms with Crippen LogP contribution in [-0.4, -0.2) is 22.9 Å². The monoisotopic (exact) mass is 264 g/mol. The van der Waals surface area contributed by atoms with Crippen LogP contribution in [0, 0.1) is 5.92 Å². The summed E-state index contributed by atoms with van der Waals surface area (Å²) in [5, 5.41) is 19.7. The Kier molecular flexibility index (Phi) is 5.23. The summed E-state index contributed by atoms with van der Waals surface area (Å²) in [6.07, 6.45) is 4.28. The van der Waals surface area contributed by atoms with Gasteiger partial charge in [-0.1, -0.05) is 31.9 Å². The lowest BCUT2D eigenvalue weighted by molar-refractivity contribution is 0.0421. The molecule has 1 fully saturated rings. The molecule has 0 heterocycles. The number of hydrogen-bond acceptors (Lipinski definition) is 3. The number of rotatable bonds is 5. The maximum Gasteiger partial charge on any atom is 0.119 e. The van der Waals surface area contributed by atoms with Gasteiger partial charge in [0.2, 0.25) is 0 Å². The van der Waals surface area contributed by atoms with Crippen molar-refractivity contribution in [3.8, 4) is 5.75 Å². The Hall–Kier alpha value is -1.06. The van der Waals surface area contributed by atoms with Crippen LogP contribution in [0.15, 0.2) is 24.3 Å². The van der Waals surface area contributed by atoms with Crippen molar-refractivity contribution in [2.75, 3.05) is 6.61 Å². The van der Waals surface area contributed by atoms with Crippen molar-refractivity contribution in [3.05, 3.63) is 29.8 Å². The summed E-state index contributed by atoms with van der Waals surface area (Å²) < 4.78 is 5.78. The van der Waals surface area contributed by atoms with Crippen molar-refractivity contribution < 1.29 is 14.9 Å². The average Bonchev–Trinajstić information content (AvgIpc) is 2.46. The quantitative estimate of drug-likeness (QED) is 0.859. The van der Waals surface area contributed by atoms with Crippen molar-refractivity contribution in [1.29, 1.82) is 0 Å². The van der Waals surface area contributed by atoms with Gasteiger partial charge >= 0.3 is 0 Å². The van der Waals surface area contributed by atoms with Crippen LogP contribution in [0.3, 0.4) is 0 Å². The predicted octanol–water partition coefficient (Wildman–Crippen LogP) is 3.06. The molecule has 1 aromatic rings. The van der Waals surface area contributed by atoms with Gasteiger partial charge in [-0.05, 0) is 37.0 Å². The van der Waals surface area contributed by atoms with Crippen LogP contribution in [-0.2, 0) is 0 Å². The lowest BCUT2D eigenvalue weighted by atomic mass is 9.87. The van der Waals surface area contributed by atoms with Gasteiger partial charge in [0.1, 0.15) is 5.75 Å². The molecule has 0 radical (unpaired) electrons. The van der Waals surface area contributed by atoms with Gasteiger partial charge < -0.3 is 14.9 Å². The van der Waals surface area contributed by atoms with E-state index < -0.39 is 6.10 Å². The molecule has 0 aromatic heterocycles. The molecule has 3 unspecified atom stereocenters. The van der Waals surface area contributed by atoms with E-state index in [1.807, 2.05) is 31.2 Å². The number of ether oxygens (including phenoxy) is 1. The molecule has 0 bridgehead atoms. The maximum atomic E-state index is 9.91. The molecule has 1 saturated carbocycles. The molecule has 1 aromatic carbocycles. The predicted molar refractivity (Wildman–Crippen MR) is 75.2 cm³/mol. The first-order valence-corrected chi connectivity index (χ1v) is 7.29. The fourth-order valence-electron chi connectivity index (χ4n) is 2.63. The second-order valence-corrected chi connectivity index (χ2v) is 5.42. The SMILES string of the molecule is CCC(O)c1cccc(OCC2CCCCC2O)c1. The minimum absolute atomic E-state index is 0.224. The fourth-order valence-corrected chi connectivity index (χ4v) is 2.63. The highest BCUT2D eigenvalue weighted by Crippen LogP contribution is 2.26. The number of aliphatic hydroxyl groups is 2. The van der Waals surface area contributed by atoms with Gasteiger partial charge in [0, 0.05) is 5.92 Å². The van der Waals surface area contributed by atoms with Crippen molar-refractivity contribution in [1.82, 2.24) is 0 Å². The third-order valence-electron chi connectivity index (χ3n) is 3.96. The van der Waals surface area contributed by atoms with E-state index in [0.717, 1.165) is 30.6 Å². The molecule has 3 nitrogen and oxygen atoms in total. The molecule has 19 heavy (non-hydrogen) atoms. The molecule has 1 aliphatic carbocycles. The molecular formula is C16H24O3. The van der Waals surface area contributed by atoms with E-state index in [2.05, 4.69) is 0 Å². The van der Waals surface area contributed by atoms with E-state index in [4.69, 9.17) is 4.74 Å². The summed E-state index contributed by atoms with van der Waals surface area (Å²) in [5.41, 5.74) is 0.893. The molecule has 1 aliphatic rings. The van der Waals surface area contributed by atoms with Crippen molar-refractivity contribution in [2.24, 2.45) is 5.92 Å². The molecule has 2 N–H and O–H groups in total. The number of benzene rings is 1. The summed E-state index contributed by atoms with van der Waals surface area (Å²) in [5.74, 6) is 1.02. The molecule has 0 amide bonds. The Morgan fingerprint density at radius 2 is 2.11 bits per heavy atom. The fraction of sp³-hybridized carbons (Fsp3) is 0.625. The standard InChI is InChI=1S/C16H24O3/c1-2-15(17)12-7-5-8-14(10-12)19-11-13-6-3-4-9-16(13)18/h5,7-8,10,13,15-18H,2-4,6,9,11H2,1H3. The van der Waals surface area contributed by atoms with E-state index >= 15 is 0 Å². The van der Waals surface area contributed by atoms with Crippen LogP contribution < -0.4 is 4.74 Å². The summed E-state index contributed by atoms with van der Waals surface area (Å²) in [6, 6.07) is 7.61. The molecular weight excluding hydrogens is 240 g/mol. The van der Waals surface area contributed by atoms with Gasteiger partial charge in [-0.15, -0.1) is 0 Å². The highest BCUT2D eigenvalue weighted by molar-refractivity contribution is 5.29. The second-order valence-electron chi connectivity index (χ2n) is 5.42. The Morgan fingerprint density at radius 1 is 1.32 bits per heavy atom. The Balaban J connectivity index is 1.91. The topological polar surface area (TPSA) is 49.7 Å². The smallest absolute Gasteiger partial charge is 0.119 e. The average molecular weight is 264 g/mol. The Morgan fingerprint density at radius 3 is 2.84 bits per heavy atom. The zero-order valence-electron chi connectivity index (χ0n) is 11.6. The van der Waals surface area contributed by atoms with Crippen LogP contribution >= 0.6 is 0 Å². The van der Waals surface area contributed by atoms with E-state index in [1.54, 1.807) is 0 Å². The van der Waals surface area contributed by atoms with Crippen molar-refractivity contribution in [3.63, 3.8) is 0 Å². The third-order valence-corrected chi connectivity index (χ3v) is 3.96. The summed E-state index contributed by atoms with van der Waals surface area (Å²) in [7, 11) is 0. The Bertz CT molecular complexity index is 391. The lowest BCUT2D eigenvalue weighted by Gasteiger charge is -2.27. The van der Waals surface area contributed by atoms with E-state index in [1.165, 1.54) is 6.42 Å². The molecule has 0 saturated heterocycles. The van der Waals surface area contributed by atoms with E-state index in [9.17, 15) is 10.2 Å². The van der Waals surface area contributed by atoms with Crippen LogP contribution in [0.25, 0.3) is 0 Å². The van der Waals surface area contributed by atoms with Crippen molar-refractivity contribution in [2.45, 2.75) is 51.2 Å². The molecule has 106 valence electrons. The largest absolute Gasteiger partial charge is 0.493 e. The minimum Gasteiger partial charge on any atom is -0.493 e. The summed E-state index contributed by atoms with van der Waals surface area (Å²) in [4.78, 5) is 0. The zero-order valence-corrected chi connectivity index (χ0v) is 11.6. The van der Waals surface area contributed by atoms with Gasteiger partial charge in [0.25, 0.3) is 0 Å². The Labute approximate surface area is 115 Å². The van der Waals surface area contributed by atoms with Crippen LogP contribution in [0.4, 0.5) is 0 Å². The summed E-state index contributed by atoms with van der Waals surface area (Å²) >= 11 is 0. The third kappa shape index (κ3) is 3.95. The molecule has 0 aliphatic heterocycles. The van der Waals surface area contributed by atoms with Gasteiger partial charge in [0.05, 0.1) is 18.8 Å². The molecule has 3 atom stereocenters. The zero-order chi connectivity index (χ0) is 13.7. The van der Waals surface area contributed by atoms with Crippen molar-refractivity contribution >= 4 is 0 Å². The molecule has 3 heteroatoms. The first-order chi connectivity index (χ1) is 9.20. The minimum atomic E-state index is -0.427. The van der Waals surface area contributed by atoms with Gasteiger partial charge in [-0.25, -0.2) is 0 Å². The van der Waals surface area contributed by atoms with Gasteiger partial charge in [-0.2, -0.15) is 0 Å². The normalized spacial score (nSPS) is 25.0. The highest BCUT2D eigenvalue weighted by Gasteiger charge is 2.23. The number of hydrogen-bond donors (Lipinski definition) is 2. The van der Waals surface area contributed by atoms with Crippen LogP contribution in [0.5, 0.6) is 5.75 Å². The first kappa shape index (κ1) is 14.4. The molecule has 0 spiro atoms. The van der Waals surface area contributed by atoms with Gasteiger partial charge in [-0.3, -0.25) is 0 Å². The first-order valence-electron chi connectivity index (χ1n) is 7.29. The molecule has 2 rings (SSSR count). The highest BCUT2D eigenvalue weighted by atomic mass is 16.5. The van der Waals surface area contributed by atoms with Gasteiger partial charge in [0.15, 0.2) is 0 Å². The van der Waals surface area contributed by atoms with E-state index in [0.29, 0.717) is 13.0 Å². The lowest BCUT2D eigenvalue weighted by Crippen LogP contribution is -2.29. The van der Waals surface area contributed by atoms with Crippen LogP contribution in [0.2, 0.25) is 0 Å². The second kappa shape index (κ2) is 6.92. The maximum absolute atomic E-state index is 9.91.